The van der Waals surface area contributed by atoms with E-state index in [4.69, 9.17) is 15.2 Å². The number of hydrogen-bond donors (Lipinski definition) is 0. The second kappa shape index (κ2) is 13.5. The van der Waals surface area contributed by atoms with Crippen LogP contribution in [0.3, 0.4) is 0 Å². The minimum absolute atomic E-state index is 0. The van der Waals surface area contributed by atoms with Crippen molar-refractivity contribution in [2.75, 3.05) is 6.61 Å². The fraction of sp³-hybridized carbons (Fsp3) is 0.481. The molecule has 1 aliphatic rings. The van der Waals surface area contributed by atoms with Crippen molar-refractivity contribution in [2.45, 2.75) is 78.2 Å². The molecule has 0 saturated heterocycles. The molecule has 0 aromatic heterocycles. The van der Waals surface area contributed by atoms with Crippen molar-refractivity contribution >= 4 is 16.2 Å². The first-order valence-electron chi connectivity index (χ1n) is 11.8. The zero-order valence-electron chi connectivity index (χ0n) is 22.1. The van der Waals surface area contributed by atoms with Crippen LogP contribution >= 0.6 is 0 Å². The van der Waals surface area contributed by atoms with E-state index >= 15 is 8.78 Å². The average molecular weight is 731 g/mol. The third-order valence-corrected chi connectivity index (χ3v) is 5.79. The van der Waals surface area contributed by atoms with Gasteiger partial charge in [-0.15, -0.1) is 0 Å². The Kier molecular flexibility index (Phi) is 12.1. The van der Waals surface area contributed by atoms with Gasteiger partial charge >= 0.3 is 31.9 Å². The quantitative estimate of drug-likeness (QED) is 0.127. The number of carbonyl (C=O) groups is 1. The number of carbonyl (C=O) groups excluding carboxylic acids is 1. The number of halogens is 5. The molecule has 0 aliphatic heterocycles. The van der Waals surface area contributed by atoms with Crippen molar-refractivity contribution in [1.29, 1.82) is 0 Å². The first-order chi connectivity index (χ1) is 17.0. The molecule has 1 saturated carbocycles. The SMILES string of the molecule is CCOC(=O)C[C@]([NH-])([Si])c1c(F)c(-c2c(C)ccc(OC3CC3)c2C)cc(C(F)(F)F)c1F.C[C-](C)C.[Os+]. The molecular weight excluding hydrogens is 700 g/mol. The van der Waals surface area contributed by atoms with Gasteiger partial charge in [-0.25, -0.2) is 8.78 Å². The van der Waals surface area contributed by atoms with Crippen molar-refractivity contribution in [3.8, 4) is 16.9 Å². The van der Waals surface area contributed by atoms with E-state index in [1.807, 2.05) is 0 Å². The molecule has 1 N–H and O–H groups in total. The molecule has 0 bridgehead atoms. The predicted molar refractivity (Wildman–Crippen MR) is 133 cm³/mol. The van der Waals surface area contributed by atoms with Gasteiger partial charge in [-0.1, -0.05) is 11.2 Å². The number of alkyl halides is 3. The van der Waals surface area contributed by atoms with Crippen molar-refractivity contribution in [3.05, 3.63) is 63.7 Å². The summed E-state index contributed by atoms with van der Waals surface area (Å²) in [5, 5.41) is -2.54. The monoisotopic (exact) mass is 732 g/mol. The second-order valence-electron chi connectivity index (χ2n) is 9.56. The molecule has 1 atom stereocenters. The topological polar surface area (TPSA) is 59.3 Å². The molecule has 210 valence electrons. The Morgan fingerprint density at radius 3 is 2.16 bits per heavy atom. The molecule has 0 spiro atoms. The summed E-state index contributed by atoms with van der Waals surface area (Å²) in [4.78, 5) is 11.9. The maximum Gasteiger partial charge on any atom is 1.00 e. The van der Waals surface area contributed by atoms with Crippen LogP contribution in [0.15, 0.2) is 18.2 Å². The first kappa shape index (κ1) is 34.2. The number of ether oxygens (including phenoxy) is 2. The maximum atomic E-state index is 15.7. The molecule has 2 aromatic rings. The van der Waals surface area contributed by atoms with E-state index in [0.717, 1.165) is 12.8 Å². The Hall–Kier alpha value is -1.83. The molecule has 0 heterocycles. The van der Waals surface area contributed by atoms with E-state index in [1.54, 1.807) is 26.0 Å². The second-order valence-corrected chi connectivity index (χ2v) is 10.4. The number of rotatable bonds is 7. The molecule has 1 aliphatic carbocycles. The molecule has 3 rings (SSSR count). The first-order valence-corrected chi connectivity index (χ1v) is 12.3. The van der Waals surface area contributed by atoms with Gasteiger partial charge in [0, 0.05) is 27.8 Å². The van der Waals surface area contributed by atoms with Gasteiger partial charge in [-0.2, -0.15) is 33.9 Å². The van der Waals surface area contributed by atoms with Crippen LogP contribution in [-0.2, 0) is 40.7 Å². The van der Waals surface area contributed by atoms with E-state index in [9.17, 15) is 18.0 Å². The molecule has 4 nitrogen and oxygen atoms in total. The van der Waals surface area contributed by atoms with E-state index in [-0.39, 0.29) is 38.1 Å². The summed E-state index contributed by atoms with van der Waals surface area (Å²) in [6.07, 6.45) is -4.40. The molecule has 38 heavy (non-hydrogen) atoms. The van der Waals surface area contributed by atoms with Crippen LogP contribution in [0.25, 0.3) is 16.9 Å². The molecule has 0 amide bonds. The zero-order chi connectivity index (χ0) is 28.3. The van der Waals surface area contributed by atoms with E-state index in [0.29, 0.717) is 22.9 Å². The van der Waals surface area contributed by atoms with Crippen LogP contribution in [0, 0.1) is 31.4 Å². The van der Waals surface area contributed by atoms with Gasteiger partial charge in [0.25, 0.3) is 0 Å². The van der Waals surface area contributed by atoms with Gasteiger partial charge in [0.2, 0.25) is 0 Å². The predicted octanol–water partition coefficient (Wildman–Crippen LogP) is 7.75. The summed E-state index contributed by atoms with van der Waals surface area (Å²) in [5.74, 6) is -2.52. The summed E-state index contributed by atoms with van der Waals surface area (Å²) in [6.45, 7) is 10.8. The summed E-state index contributed by atoms with van der Waals surface area (Å²) in [7, 11) is 2.82. The van der Waals surface area contributed by atoms with Crippen LogP contribution in [0.4, 0.5) is 22.0 Å². The third-order valence-electron chi connectivity index (χ3n) is 5.36. The number of aryl methyl sites for hydroxylation is 1. The zero-order valence-corrected chi connectivity index (χ0v) is 25.6. The number of benzene rings is 2. The normalized spacial score (nSPS) is 14.7. The van der Waals surface area contributed by atoms with Crippen LogP contribution < -0.4 is 4.74 Å². The van der Waals surface area contributed by atoms with Gasteiger partial charge < -0.3 is 21.1 Å². The van der Waals surface area contributed by atoms with Gasteiger partial charge in [0.1, 0.15) is 17.4 Å². The molecule has 1 fully saturated rings. The Morgan fingerprint density at radius 2 is 1.68 bits per heavy atom. The van der Waals surface area contributed by atoms with E-state index in [2.05, 4.69) is 31.0 Å². The van der Waals surface area contributed by atoms with Gasteiger partial charge in [0.05, 0.1) is 18.3 Å². The summed E-state index contributed by atoms with van der Waals surface area (Å²) in [5.41, 5.74) is 5.76. The van der Waals surface area contributed by atoms with Crippen LogP contribution in [0.2, 0.25) is 0 Å². The van der Waals surface area contributed by atoms with Crippen molar-refractivity contribution in [3.63, 3.8) is 0 Å². The van der Waals surface area contributed by atoms with Gasteiger partial charge in [-0.3, -0.25) is 4.79 Å². The van der Waals surface area contributed by atoms with Gasteiger partial charge in [-0.05, 0) is 62.4 Å². The Morgan fingerprint density at radius 1 is 1.13 bits per heavy atom. The third kappa shape index (κ3) is 8.59. The fourth-order valence-electron chi connectivity index (χ4n) is 3.65. The average Bonchev–Trinajstić information content (AvgIpc) is 3.54. The van der Waals surface area contributed by atoms with Crippen LogP contribution in [-0.4, -0.2) is 28.9 Å². The van der Waals surface area contributed by atoms with E-state index < -0.39 is 52.1 Å². The molecule has 11 heteroatoms. The van der Waals surface area contributed by atoms with Crippen LogP contribution in [0.5, 0.6) is 5.75 Å². The molecular formula is C27H31F5NO3OsSi-. The van der Waals surface area contributed by atoms with Crippen molar-refractivity contribution < 1.29 is 56.0 Å². The van der Waals surface area contributed by atoms with Crippen LogP contribution in [0.1, 0.15) is 69.2 Å². The maximum absolute atomic E-state index is 15.7. The number of nitrogens with one attached hydrogen (secondary N) is 1. The van der Waals surface area contributed by atoms with Gasteiger partial charge in [0.15, 0.2) is 0 Å². The van der Waals surface area contributed by atoms with Crippen molar-refractivity contribution in [2.24, 2.45) is 0 Å². The smallest absolute Gasteiger partial charge is 0.670 e. The fourth-order valence-corrected chi connectivity index (χ4v) is 4.02. The summed E-state index contributed by atoms with van der Waals surface area (Å²) >= 11 is 0. The largest absolute Gasteiger partial charge is 1.00 e. The van der Waals surface area contributed by atoms with E-state index in [1.165, 1.54) is 12.8 Å². The summed E-state index contributed by atoms with van der Waals surface area (Å²) in [6, 6.07) is 3.63. The molecule has 4 radical (unpaired) electrons. The minimum atomic E-state index is -5.17. The summed E-state index contributed by atoms with van der Waals surface area (Å²) < 4.78 is 82.5. The number of hydrogen-bond acceptors (Lipinski definition) is 3. The number of esters is 1. The Labute approximate surface area is 237 Å². The standard InChI is InChI=1S/C23H22F5NO3Si.C4H9.Os/c1-4-31-17(30)10-22(29,33)19-20(24)14(9-15(21(19)25)23(26,27)28)18-11(2)5-8-16(12(18)3)32-13-6-7-13;1-4(2)3;/h5,8-9,13,29H,4,6-7,10H2,1-3H3;1-3H3;/q2*-1;+1/t22-;;/m0../s1. The Bertz CT molecular complexity index is 1130. The molecule has 2 aromatic carbocycles. The Balaban J connectivity index is 0.00000135. The minimum Gasteiger partial charge on any atom is -0.670 e. The van der Waals surface area contributed by atoms with Crippen molar-refractivity contribution in [1.82, 2.24) is 0 Å². The molecule has 0 unspecified atom stereocenters.